The summed E-state index contributed by atoms with van der Waals surface area (Å²) in [5.74, 6) is -0.346. The Kier molecular flexibility index (Phi) is 6.06. The molecule has 144 valence electrons. The molecule has 1 amide bonds. The number of amides is 1. The summed E-state index contributed by atoms with van der Waals surface area (Å²) in [5.41, 5.74) is 3.55. The molecule has 0 aliphatic heterocycles. The summed E-state index contributed by atoms with van der Waals surface area (Å²) in [6, 6.07) is 1.64. The molecule has 2 aromatic heterocycles. The van der Waals surface area contributed by atoms with Crippen molar-refractivity contribution in [3.05, 3.63) is 23.1 Å². The lowest BCUT2D eigenvalue weighted by Crippen LogP contribution is -2.33. The Balaban J connectivity index is 1.87. The SMILES string of the molecule is Cc1nn(C)c(C)c1-c1cc(C(=O)NCCCN(C)CC(F)(F)F)[nH]n1. The van der Waals surface area contributed by atoms with Crippen LogP contribution in [0.4, 0.5) is 13.2 Å². The molecule has 0 saturated heterocycles. The lowest BCUT2D eigenvalue weighted by Gasteiger charge is -2.18. The highest BCUT2D eigenvalue weighted by atomic mass is 19.4. The summed E-state index contributed by atoms with van der Waals surface area (Å²) in [6.45, 7) is 3.34. The van der Waals surface area contributed by atoms with E-state index in [0.29, 0.717) is 17.8 Å². The number of halogens is 3. The standard InChI is InChI=1S/C16H23F3N6O/c1-10-14(11(2)25(4)23-10)12-8-13(22-21-12)15(26)20-6-5-7-24(3)9-16(17,18)19/h8H,5-7,9H2,1-4H3,(H,20,26)(H,21,22). The third kappa shape index (κ3) is 5.07. The number of nitrogens with one attached hydrogen (secondary N) is 2. The molecule has 0 saturated carbocycles. The fourth-order valence-electron chi connectivity index (χ4n) is 2.74. The normalized spacial score (nSPS) is 12.0. The first-order valence-corrected chi connectivity index (χ1v) is 8.18. The first-order chi connectivity index (χ1) is 12.1. The maximum absolute atomic E-state index is 12.2. The molecule has 0 aliphatic carbocycles. The van der Waals surface area contributed by atoms with Crippen molar-refractivity contribution in [3.63, 3.8) is 0 Å². The number of aromatic amines is 1. The minimum absolute atomic E-state index is 0.238. The van der Waals surface area contributed by atoms with Crippen molar-refractivity contribution in [2.75, 3.05) is 26.7 Å². The van der Waals surface area contributed by atoms with Gasteiger partial charge in [0.2, 0.25) is 0 Å². The third-order valence-electron chi connectivity index (χ3n) is 4.04. The van der Waals surface area contributed by atoms with Crippen LogP contribution in [0.2, 0.25) is 0 Å². The van der Waals surface area contributed by atoms with Crippen LogP contribution in [0.15, 0.2) is 6.07 Å². The first kappa shape index (κ1) is 20.0. The Bertz CT molecular complexity index is 765. The van der Waals surface area contributed by atoms with Crippen molar-refractivity contribution in [1.82, 2.24) is 30.2 Å². The molecule has 2 aromatic rings. The molecule has 0 bridgehead atoms. The molecule has 2 N–H and O–H groups in total. The number of aryl methyl sites for hydroxylation is 2. The summed E-state index contributed by atoms with van der Waals surface area (Å²) < 4.78 is 38.5. The molecule has 0 radical (unpaired) electrons. The van der Waals surface area contributed by atoms with Gasteiger partial charge >= 0.3 is 6.18 Å². The fraction of sp³-hybridized carbons (Fsp3) is 0.562. The van der Waals surface area contributed by atoms with Crippen LogP contribution in [-0.4, -0.2) is 63.6 Å². The second-order valence-corrected chi connectivity index (χ2v) is 6.30. The van der Waals surface area contributed by atoms with Gasteiger partial charge in [-0.25, -0.2) is 0 Å². The van der Waals surface area contributed by atoms with E-state index in [1.807, 2.05) is 20.9 Å². The molecule has 10 heteroatoms. The van der Waals surface area contributed by atoms with Crippen molar-refractivity contribution in [1.29, 1.82) is 0 Å². The number of hydrogen-bond acceptors (Lipinski definition) is 4. The molecule has 0 unspecified atom stereocenters. The van der Waals surface area contributed by atoms with Crippen LogP contribution >= 0.6 is 0 Å². The summed E-state index contributed by atoms with van der Waals surface area (Å²) in [6.07, 6.45) is -3.80. The topological polar surface area (TPSA) is 78.8 Å². The van der Waals surface area contributed by atoms with Gasteiger partial charge in [0.05, 0.1) is 17.9 Å². The molecule has 0 atom stereocenters. The number of rotatable bonds is 7. The van der Waals surface area contributed by atoms with E-state index in [1.54, 1.807) is 10.7 Å². The molecular weight excluding hydrogens is 349 g/mol. The van der Waals surface area contributed by atoms with Gasteiger partial charge in [0, 0.05) is 24.8 Å². The van der Waals surface area contributed by atoms with Crippen LogP contribution in [-0.2, 0) is 7.05 Å². The van der Waals surface area contributed by atoms with Gasteiger partial charge in [-0.1, -0.05) is 0 Å². The lowest BCUT2D eigenvalue weighted by atomic mass is 10.1. The Hall–Kier alpha value is -2.36. The van der Waals surface area contributed by atoms with Crippen LogP contribution in [0, 0.1) is 13.8 Å². The molecular formula is C16H23F3N6O. The molecule has 0 spiro atoms. The smallest absolute Gasteiger partial charge is 0.351 e. The van der Waals surface area contributed by atoms with E-state index in [4.69, 9.17) is 0 Å². The van der Waals surface area contributed by atoms with Crippen molar-refractivity contribution in [2.24, 2.45) is 7.05 Å². The van der Waals surface area contributed by atoms with Crippen molar-refractivity contribution >= 4 is 5.91 Å². The fourth-order valence-corrected chi connectivity index (χ4v) is 2.74. The number of nitrogens with zero attached hydrogens (tertiary/aromatic N) is 4. The molecule has 0 aliphatic rings. The van der Waals surface area contributed by atoms with Gasteiger partial charge in [0.25, 0.3) is 5.91 Å². The average molecular weight is 372 g/mol. The first-order valence-electron chi connectivity index (χ1n) is 8.18. The number of H-pyrrole nitrogens is 1. The Morgan fingerprint density at radius 3 is 2.65 bits per heavy atom. The van der Waals surface area contributed by atoms with Gasteiger partial charge in [-0.3, -0.25) is 19.5 Å². The van der Waals surface area contributed by atoms with Gasteiger partial charge in [0.1, 0.15) is 5.69 Å². The van der Waals surface area contributed by atoms with E-state index in [9.17, 15) is 18.0 Å². The largest absolute Gasteiger partial charge is 0.401 e. The van der Waals surface area contributed by atoms with Crippen molar-refractivity contribution in [2.45, 2.75) is 26.4 Å². The van der Waals surface area contributed by atoms with Gasteiger partial charge in [-0.05, 0) is 39.9 Å². The predicted molar refractivity (Wildman–Crippen MR) is 90.8 cm³/mol. The van der Waals surface area contributed by atoms with E-state index in [-0.39, 0.29) is 19.0 Å². The quantitative estimate of drug-likeness (QED) is 0.729. The van der Waals surface area contributed by atoms with E-state index in [0.717, 1.165) is 17.0 Å². The summed E-state index contributed by atoms with van der Waals surface area (Å²) in [5, 5.41) is 13.9. The Labute approximate surface area is 149 Å². The number of hydrogen-bond donors (Lipinski definition) is 2. The number of aromatic nitrogens is 4. The van der Waals surface area contributed by atoms with E-state index >= 15 is 0 Å². The highest BCUT2D eigenvalue weighted by molar-refractivity contribution is 5.93. The Morgan fingerprint density at radius 2 is 2.08 bits per heavy atom. The van der Waals surface area contributed by atoms with Gasteiger partial charge < -0.3 is 5.32 Å². The molecule has 2 rings (SSSR count). The summed E-state index contributed by atoms with van der Waals surface area (Å²) in [4.78, 5) is 13.3. The highest BCUT2D eigenvalue weighted by Gasteiger charge is 2.28. The Morgan fingerprint density at radius 1 is 1.38 bits per heavy atom. The monoisotopic (exact) mass is 372 g/mol. The zero-order valence-corrected chi connectivity index (χ0v) is 15.2. The van der Waals surface area contributed by atoms with Crippen LogP contribution < -0.4 is 5.32 Å². The molecule has 0 aromatic carbocycles. The van der Waals surface area contributed by atoms with Crippen LogP contribution in [0.5, 0.6) is 0 Å². The lowest BCUT2D eigenvalue weighted by molar-refractivity contribution is -0.143. The van der Waals surface area contributed by atoms with E-state index < -0.39 is 12.7 Å². The van der Waals surface area contributed by atoms with E-state index in [1.165, 1.54) is 11.9 Å². The molecule has 7 nitrogen and oxygen atoms in total. The van der Waals surface area contributed by atoms with Crippen molar-refractivity contribution < 1.29 is 18.0 Å². The van der Waals surface area contributed by atoms with Gasteiger partial charge in [0.15, 0.2) is 0 Å². The van der Waals surface area contributed by atoms with Crippen molar-refractivity contribution in [3.8, 4) is 11.3 Å². The molecule has 2 heterocycles. The number of carbonyl (C=O) groups excluding carboxylic acids is 1. The minimum atomic E-state index is -4.22. The number of alkyl halides is 3. The third-order valence-corrected chi connectivity index (χ3v) is 4.04. The maximum atomic E-state index is 12.2. The van der Waals surface area contributed by atoms with E-state index in [2.05, 4.69) is 20.6 Å². The van der Waals surface area contributed by atoms with Crippen LogP contribution in [0.25, 0.3) is 11.3 Å². The maximum Gasteiger partial charge on any atom is 0.401 e. The van der Waals surface area contributed by atoms with Gasteiger partial charge in [-0.2, -0.15) is 23.4 Å². The predicted octanol–water partition coefficient (Wildman–Crippen LogP) is 2.04. The average Bonchev–Trinajstić information content (AvgIpc) is 3.07. The zero-order valence-electron chi connectivity index (χ0n) is 15.2. The van der Waals surface area contributed by atoms with Gasteiger partial charge in [-0.15, -0.1) is 0 Å². The molecule has 0 fully saturated rings. The minimum Gasteiger partial charge on any atom is -0.351 e. The zero-order chi connectivity index (χ0) is 19.5. The number of carbonyl (C=O) groups is 1. The summed E-state index contributed by atoms with van der Waals surface area (Å²) in [7, 11) is 3.23. The second-order valence-electron chi connectivity index (χ2n) is 6.30. The second kappa shape index (κ2) is 7.90. The van der Waals surface area contributed by atoms with Crippen LogP contribution in [0.3, 0.4) is 0 Å². The summed E-state index contributed by atoms with van der Waals surface area (Å²) >= 11 is 0. The van der Waals surface area contributed by atoms with Crippen LogP contribution in [0.1, 0.15) is 28.3 Å². The highest BCUT2D eigenvalue weighted by Crippen LogP contribution is 2.25. The molecule has 26 heavy (non-hydrogen) atoms.